The molecular weight excluding hydrogens is 324 g/mol. The van der Waals surface area contributed by atoms with Crippen LogP contribution in [0.5, 0.6) is 0 Å². The zero-order chi connectivity index (χ0) is 18.7. The van der Waals surface area contributed by atoms with E-state index in [2.05, 4.69) is 26.8 Å². The van der Waals surface area contributed by atoms with Crippen LogP contribution in [0, 0.1) is 46.3 Å². The van der Waals surface area contributed by atoms with Gasteiger partial charge in [-0.15, -0.1) is 0 Å². The van der Waals surface area contributed by atoms with Gasteiger partial charge in [-0.3, -0.25) is 0 Å². The maximum absolute atomic E-state index is 11.4. The van der Waals surface area contributed by atoms with Gasteiger partial charge < -0.3 is 10.2 Å². The van der Waals surface area contributed by atoms with E-state index in [1.807, 2.05) is 0 Å². The number of aliphatic hydroxyl groups excluding tert-OH is 1. The molecule has 0 spiro atoms. The quantitative estimate of drug-likeness (QED) is 0.753. The summed E-state index contributed by atoms with van der Waals surface area (Å²) in [6.45, 7) is 7.55. The summed E-state index contributed by atoms with van der Waals surface area (Å²) in [5, 5.41) is 19.2. The van der Waals surface area contributed by atoms with Crippen LogP contribution in [0.15, 0.2) is 11.6 Å². The molecule has 0 aromatic heterocycles. The maximum Gasteiger partial charge on any atom is 0.331 e. The van der Waals surface area contributed by atoms with Gasteiger partial charge in [-0.25, -0.2) is 4.79 Å². The molecule has 3 fully saturated rings. The van der Waals surface area contributed by atoms with Gasteiger partial charge in [-0.2, -0.15) is 0 Å². The molecule has 0 heterocycles. The zero-order valence-corrected chi connectivity index (χ0v) is 16.7. The smallest absolute Gasteiger partial charge is 0.331 e. The molecule has 3 saturated carbocycles. The number of aliphatic carboxylic acids is 1. The molecule has 0 amide bonds. The Morgan fingerprint density at radius 1 is 1.12 bits per heavy atom. The Bertz CT molecular complexity index is 611. The van der Waals surface area contributed by atoms with Crippen molar-refractivity contribution >= 4 is 5.97 Å². The minimum atomic E-state index is -0.706. The standard InChI is InChI=1S/C23H36O3/c1-14(13-24)18-6-7-19-17-5-4-16-12-15(21(25)26)8-10-22(16,2)20(17)9-11-23(18,19)3/h12,14,16-20,24H,4-11,13H2,1-3H3,(H,25,26)/t14-,16?,17+,18-,19+,20+,22+,23-/m1/s1. The number of hydrogen-bond donors (Lipinski definition) is 2. The lowest BCUT2D eigenvalue weighted by atomic mass is 9.45. The van der Waals surface area contributed by atoms with Crippen LogP contribution in [0.3, 0.4) is 0 Å². The van der Waals surface area contributed by atoms with E-state index in [1.54, 1.807) is 0 Å². The molecule has 26 heavy (non-hydrogen) atoms. The van der Waals surface area contributed by atoms with Crippen molar-refractivity contribution in [3.8, 4) is 0 Å². The first-order valence-corrected chi connectivity index (χ1v) is 10.9. The summed E-state index contributed by atoms with van der Waals surface area (Å²) in [4.78, 5) is 11.4. The lowest BCUT2D eigenvalue weighted by Crippen LogP contribution is -2.52. The highest BCUT2D eigenvalue weighted by atomic mass is 16.4. The van der Waals surface area contributed by atoms with Crippen molar-refractivity contribution in [3.63, 3.8) is 0 Å². The second-order valence-corrected chi connectivity index (χ2v) is 10.5. The van der Waals surface area contributed by atoms with Gasteiger partial charge in [0.1, 0.15) is 0 Å². The van der Waals surface area contributed by atoms with Gasteiger partial charge in [-0.1, -0.05) is 26.8 Å². The first kappa shape index (κ1) is 18.5. The predicted molar refractivity (Wildman–Crippen MR) is 103 cm³/mol. The summed E-state index contributed by atoms with van der Waals surface area (Å²) in [6, 6.07) is 0. The molecule has 3 heteroatoms. The molecule has 4 rings (SSSR count). The van der Waals surface area contributed by atoms with Crippen LogP contribution in [-0.2, 0) is 4.79 Å². The highest BCUT2D eigenvalue weighted by Crippen LogP contribution is 2.67. The summed E-state index contributed by atoms with van der Waals surface area (Å²) >= 11 is 0. The van der Waals surface area contributed by atoms with E-state index in [9.17, 15) is 15.0 Å². The molecule has 0 aromatic rings. The summed E-state index contributed by atoms with van der Waals surface area (Å²) in [7, 11) is 0. The van der Waals surface area contributed by atoms with Crippen molar-refractivity contribution in [3.05, 3.63) is 11.6 Å². The normalized spacial score (nSPS) is 48.8. The van der Waals surface area contributed by atoms with Crippen LogP contribution in [0.25, 0.3) is 0 Å². The number of carboxylic acids is 1. The van der Waals surface area contributed by atoms with Gasteiger partial charge in [0.2, 0.25) is 0 Å². The second kappa shape index (κ2) is 6.36. The monoisotopic (exact) mass is 360 g/mol. The lowest BCUT2D eigenvalue weighted by molar-refractivity contribution is -0.134. The SMILES string of the molecule is C[C@H](CO)[C@H]1CC[C@H]2[C@@H]3CCC4C=C(C(=O)O)CC[C@]4(C)[C@H]3CC[C@]12C. The molecule has 0 aromatic carbocycles. The zero-order valence-electron chi connectivity index (χ0n) is 16.7. The van der Waals surface area contributed by atoms with Crippen molar-refractivity contribution in [2.45, 2.75) is 72.1 Å². The fraction of sp³-hybridized carbons (Fsp3) is 0.870. The largest absolute Gasteiger partial charge is 0.478 e. The first-order valence-electron chi connectivity index (χ1n) is 10.9. The van der Waals surface area contributed by atoms with Crippen LogP contribution in [0.4, 0.5) is 0 Å². The van der Waals surface area contributed by atoms with Crippen LogP contribution in [0.2, 0.25) is 0 Å². The number of allylic oxidation sites excluding steroid dienone is 1. The minimum Gasteiger partial charge on any atom is -0.478 e. The molecule has 146 valence electrons. The third kappa shape index (κ3) is 2.52. The molecule has 8 atom stereocenters. The van der Waals surface area contributed by atoms with Crippen molar-refractivity contribution in [1.82, 2.24) is 0 Å². The number of rotatable bonds is 3. The average molecular weight is 361 g/mol. The molecule has 0 bridgehead atoms. The van der Waals surface area contributed by atoms with Crippen molar-refractivity contribution in [2.75, 3.05) is 6.61 Å². The van der Waals surface area contributed by atoms with E-state index in [-0.39, 0.29) is 0 Å². The summed E-state index contributed by atoms with van der Waals surface area (Å²) in [6.07, 6.45) is 11.6. The molecule has 4 aliphatic carbocycles. The van der Waals surface area contributed by atoms with Gasteiger partial charge in [0.05, 0.1) is 0 Å². The Labute approximate surface area is 158 Å². The molecule has 0 radical (unpaired) electrons. The van der Waals surface area contributed by atoms with E-state index < -0.39 is 5.97 Å². The number of aliphatic hydroxyl groups is 1. The third-order valence-corrected chi connectivity index (χ3v) is 9.60. The molecule has 3 nitrogen and oxygen atoms in total. The van der Waals surface area contributed by atoms with Gasteiger partial charge in [-0.05, 0) is 97.7 Å². The van der Waals surface area contributed by atoms with Gasteiger partial charge >= 0.3 is 5.97 Å². The Morgan fingerprint density at radius 2 is 1.85 bits per heavy atom. The van der Waals surface area contributed by atoms with E-state index in [1.165, 1.54) is 38.5 Å². The number of fused-ring (bicyclic) bond motifs is 5. The lowest BCUT2D eigenvalue weighted by Gasteiger charge is -2.60. The number of carboxylic acid groups (broad SMARTS) is 1. The van der Waals surface area contributed by atoms with E-state index in [4.69, 9.17) is 0 Å². The van der Waals surface area contributed by atoms with Gasteiger partial charge in [0.15, 0.2) is 0 Å². The summed E-state index contributed by atoms with van der Waals surface area (Å²) < 4.78 is 0. The fourth-order valence-corrected chi connectivity index (χ4v) is 8.14. The van der Waals surface area contributed by atoms with Gasteiger partial charge in [0, 0.05) is 12.2 Å². The molecule has 4 aliphatic rings. The van der Waals surface area contributed by atoms with E-state index in [0.717, 1.165) is 30.6 Å². The van der Waals surface area contributed by atoms with Crippen molar-refractivity contribution in [2.24, 2.45) is 46.3 Å². The number of hydrogen-bond acceptors (Lipinski definition) is 2. The summed E-state index contributed by atoms with van der Waals surface area (Å²) in [5.74, 6) is 3.23. The minimum absolute atomic E-state index is 0.296. The Kier molecular flexibility index (Phi) is 4.53. The molecule has 1 unspecified atom stereocenters. The highest BCUT2D eigenvalue weighted by molar-refractivity contribution is 5.86. The topological polar surface area (TPSA) is 57.5 Å². The van der Waals surface area contributed by atoms with Crippen molar-refractivity contribution < 1.29 is 15.0 Å². The van der Waals surface area contributed by atoms with Gasteiger partial charge in [0.25, 0.3) is 0 Å². The molecule has 0 saturated heterocycles. The van der Waals surface area contributed by atoms with Crippen LogP contribution in [0.1, 0.15) is 72.1 Å². The molecule has 2 N–H and O–H groups in total. The third-order valence-electron chi connectivity index (χ3n) is 9.60. The highest BCUT2D eigenvalue weighted by Gasteiger charge is 2.60. The molecular formula is C23H36O3. The fourth-order valence-electron chi connectivity index (χ4n) is 8.14. The molecule has 0 aliphatic heterocycles. The summed E-state index contributed by atoms with van der Waals surface area (Å²) in [5.41, 5.74) is 1.36. The second-order valence-electron chi connectivity index (χ2n) is 10.5. The van der Waals surface area contributed by atoms with Crippen molar-refractivity contribution in [1.29, 1.82) is 0 Å². The van der Waals surface area contributed by atoms with Crippen LogP contribution in [-0.4, -0.2) is 22.8 Å². The van der Waals surface area contributed by atoms with Crippen LogP contribution < -0.4 is 0 Å². The Morgan fingerprint density at radius 3 is 2.54 bits per heavy atom. The average Bonchev–Trinajstić information content (AvgIpc) is 2.97. The Hall–Kier alpha value is -0.830. The van der Waals surface area contributed by atoms with E-state index in [0.29, 0.717) is 40.8 Å². The first-order chi connectivity index (χ1) is 12.3. The maximum atomic E-state index is 11.4. The predicted octanol–water partition coefficient (Wildman–Crippen LogP) is 4.89. The van der Waals surface area contributed by atoms with E-state index >= 15 is 0 Å². The number of carbonyl (C=O) groups is 1. The Balaban J connectivity index is 1.60. The van der Waals surface area contributed by atoms with Crippen LogP contribution >= 0.6 is 0 Å².